The van der Waals surface area contributed by atoms with E-state index in [1.165, 1.54) is 19.1 Å². The van der Waals surface area contributed by atoms with Gasteiger partial charge in [0.1, 0.15) is 0 Å². The molecule has 0 saturated heterocycles. The largest absolute Gasteiger partial charge is 0.392 e. The van der Waals surface area contributed by atoms with Crippen molar-refractivity contribution in [2.45, 2.75) is 61.4 Å². The van der Waals surface area contributed by atoms with Crippen LogP contribution in [-0.4, -0.2) is 53.9 Å². The molecule has 2 amide bonds. The molecule has 2 fully saturated rings. The first-order chi connectivity index (χ1) is 18.6. The minimum Gasteiger partial charge on any atom is -0.392 e. The number of benzene rings is 2. The number of halogens is 4. The Labute approximate surface area is 234 Å². The van der Waals surface area contributed by atoms with Gasteiger partial charge in [0.15, 0.2) is 27.3 Å². The molecule has 2 aromatic rings. The smallest absolute Gasteiger partial charge is 0.255 e. The van der Waals surface area contributed by atoms with Crippen LogP contribution in [0.25, 0.3) is 0 Å². The minimum atomic E-state index is -4.12. The first-order valence-electron chi connectivity index (χ1n) is 12.8. The zero-order valence-electron chi connectivity index (χ0n) is 21.8. The normalized spacial score (nSPS) is 26.8. The van der Waals surface area contributed by atoms with Crippen LogP contribution in [-0.2, 0) is 14.6 Å². The molecule has 2 aliphatic carbocycles. The summed E-state index contributed by atoms with van der Waals surface area (Å²) in [6.45, 7) is 3.45. The van der Waals surface area contributed by atoms with Gasteiger partial charge in [-0.1, -0.05) is 18.5 Å². The van der Waals surface area contributed by atoms with Crippen LogP contribution in [0.4, 0.5) is 18.9 Å². The Kier molecular flexibility index (Phi) is 8.56. The Hall–Kier alpha value is -2.67. The molecule has 0 spiro atoms. The summed E-state index contributed by atoms with van der Waals surface area (Å²) in [5, 5.41) is 24.7. The van der Waals surface area contributed by atoms with Crippen LogP contribution in [0, 0.1) is 35.2 Å². The van der Waals surface area contributed by atoms with Gasteiger partial charge < -0.3 is 20.8 Å². The van der Waals surface area contributed by atoms with Crippen LogP contribution in [0.2, 0.25) is 5.02 Å². The van der Waals surface area contributed by atoms with E-state index in [0.29, 0.717) is 18.6 Å². The summed E-state index contributed by atoms with van der Waals surface area (Å²) >= 11 is 6.25. The van der Waals surface area contributed by atoms with Crippen molar-refractivity contribution in [1.29, 1.82) is 0 Å². The highest BCUT2D eigenvalue weighted by molar-refractivity contribution is 7.92. The van der Waals surface area contributed by atoms with Crippen molar-refractivity contribution in [2.24, 2.45) is 17.8 Å². The Morgan fingerprint density at radius 3 is 2.38 bits per heavy atom. The van der Waals surface area contributed by atoms with Gasteiger partial charge in [-0.15, -0.1) is 0 Å². The summed E-state index contributed by atoms with van der Waals surface area (Å²) in [5.74, 6) is -7.05. The number of hydrogen-bond acceptors (Lipinski definition) is 6. The van der Waals surface area contributed by atoms with Gasteiger partial charge in [-0.2, -0.15) is 0 Å². The third kappa shape index (κ3) is 5.86. The number of nitrogens with one attached hydrogen (secondary N) is 2. The zero-order valence-corrected chi connectivity index (χ0v) is 23.3. The van der Waals surface area contributed by atoms with Crippen molar-refractivity contribution in [3.05, 3.63) is 58.4 Å². The Morgan fingerprint density at radius 2 is 1.77 bits per heavy atom. The molecule has 2 aliphatic rings. The number of rotatable bonds is 8. The average Bonchev–Trinajstić information content (AvgIpc) is 2.98. The molecule has 2 saturated carbocycles. The minimum absolute atomic E-state index is 0.0320. The molecule has 0 aromatic heterocycles. The van der Waals surface area contributed by atoms with E-state index in [1.807, 2.05) is 6.92 Å². The van der Waals surface area contributed by atoms with Gasteiger partial charge >= 0.3 is 0 Å². The topological polar surface area (TPSA) is 133 Å². The second-order valence-corrected chi connectivity index (χ2v) is 13.4. The third-order valence-corrected chi connectivity index (χ3v) is 10.6. The number of amides is 2. The van der Waals surface area contributed by atoms with Gasteiger partial charge in [0.2, 0.25) is 5.91 Å². The Balaban J connectivity index is 1.55. The SMILES string of the molecule is C[C@@H](O)CNC(=O)C[C@@]1(O)C2C[C@@H](S(=O)(=O)c3cc(C(=O)Nc4cc(F)c(F)c(F)c4)ccc3Cl)CC1[C@@H](C)C2. The first-order valence-corrected chi connectivity index (χ1v) is 14.7. The van der Waals surface area contributed by atoms with Crippen molar-refractivity contribution in [2.75, 3.05) is 11.9 Å². The molecule has 8 nitrogen and oxygen atoms in total. The maximum Gasteiger partial charge on any atom is 0.255 e. The molecule has 0 aliphatic heterocycles. The van der Waals surface area contributed by atoms with Crippen molar-refractivity contribution in [3.8, 4) is 0 Å². The number of hydrogen-bond donors (Lipinski definition) is 4. The molecule has 2 aromatic carbocycles. The van der Waals surface area contributed by atoms with Gasteiger partial charge in [-0.25, -0.2) is 21.6 Å². The Bertz CT molecular complexity index is 1420. The van der Waals surface area contributed by atoms with Gasteiger partial charge in [0.05, 0.1) is 33.3 Å². The predicted molar refractivity (Wildman–Crippen MR) is 141 cm³/mol. The fraction of sp³-hybridized carbons (Fsp3) is 0.481. The highest BCUT2D eigenvalue weighted by Crippen LogP contribution is 2.56. The monoisotopic (exact) mass is 602 g/mol. The number of carbonyl (C=O) groups excluding carboxylic acids is 2. The quantitative estimate of drug-likeness (QED) is 0.340. The number of anilines is 1. The predicted octanol–water partition coefficient (Wildman–Crippen LogP) is 3.84. The summed E-state index contributed by atoms with van der Waals surface area (Å²) in [6, 6.07) is 4.71. The maximum atomic E-state index is 13.8. The fourth-order valence-electron chi connectivity index (χ4n) is 6.03. The van der Waals surface area contributed by atoms with E-state index < -0.39 is 67.9 Å². The van der Waals surface area contributed by atoms with Gasteiger partial charge in [0.25, 0.3) is 5.91 Å². The number of aliphatic hydroxyl groups is 2. The summed E-state index contributed by atoms with van der Waals surface area (Å²) in [5.41, 5.74) is -1.93. The van der Waals surface area contributed by atoms with E-state index in [4.69, 9.17) is 11.6 Å². The standard InChI is InChI=1S/C27H30ClF3N2O6S/c1-13-5-16-7-18(10-19(13)27(16,37)11-24(35)32-12-14(2)34)40(38,39)23-6-15(3-4-20(23)28)26(36)33-17-8-21(29)25(31)22(30)9-17/h3-4,6,8-9,13-14,16,18-19,34,37H,5,7,10-12H2,1-2H3,(H,32,35)(H,33,36)/t13-,14+,16?,18+,19?,27+/m0/s1. The van der Waals surface area contributed by atoms with Crippen LogP contribution in [0.1, 0.15) is 49.9 Å². The fourth-order valence-corrected chi connectivity index (χ4v) is 8.41. The first kappa shape index (κ1) is 30.3. The third-order valence-electron chi connectivity index (χ3n) is 7.98. The molecule has 4 rings (SSSR count). The number of sulfone groups is 1. The lowest BCUT2D eigenvalue weighted by molar-refractivity contribution is -0.133. The van der Waals surface area contributed by atoms with Crippen molar-refractivity contribution >= 4 is 38.9 Å². The van der Waals surface area contributed by atoms with E-state index in [2.05, 4.69) is 10.6 Å². The molecular formula is C27H30ClF3N2O6S. The lowest BCUT2D eigenvalue weighted by Gasteiger charge is -2.42. The highest BCUT2D eigenvalue weighted by Gasteiger charge is 2.59. The van der Waals surface area contributed by atoms with Crippen LogP contribution in [0.5, 0.6) is 0 Å². The highest BCUT2D eigenvalue weighted by atomic mass is 35.5. The molecule has 0 heterocycles. The second-order valence-electron chi connectivity index (χ2n) is 10.8. The molecule has 4 N–H and O–H groups in total. The van der Waals surface area contributed by atoms with E-state index in [1.54, 1.807) is 0 Å². The van der Waals surface area contributed by atoms with E-state index >= 15 is 0 Å². The summed E-state index contributed by atoms with van der Waals surface area (Å²) in [4.78, 5) is 24.9. The molecule has 0 radical (unpaired) electrons. The maximum absolute atomic E-state index is 13.8. The molecule has 13 heteroatoms. The van der Waals surface area contributed by atoms with E-state index in [9.17, 15) is 41.4 Å². The number of carbonyl (C=O) groups is 2. The van der Waals surface area contributed by atoms with Gasteiger partial charge in [0, 0.05) is 29.9 Å². The van der Waals surface area contributed by atoms with Crippen LogP contribution < -0.4 is 10.6 Å². The van der Waals surface area contributed by atoms with Gasteiger partial charge in [-0.05, 0) is 62.1 Å². The van der Waals surface area contributed by atoms with E-state index in [-0.39, 0.29) is 52.9 Å². The molecule has 40 heavy (non-hydrogen) atoms. The summed E-state index contributed by atoms with van der Waals surface area (Å²) in [6.07, 6.45) is -0.299. The summed E-state index contributed by atoms with van der Waals surface area (Å²) < 4.78 is 67.9. The molecule has 6 atom stereocenters. The van der Waals surface area contributed by atoms with Gasteiger partial charge in [-0.3, -0.25) is 9.59 Å². The molecule has 218 valence electrons. The van der Waals surface area contributed by atoms with Crippen LogP contribution >= 0.6 is 11.6 Å². The van der Waals surface area contributed by atoms with Crippen molar-refractivity contribution < 1.29 is 41.4 Å². The van der Waals surface area contributed by atoms with Crippen LogP contribution in [0.15, 0.2) is 35.2 Å². The molecule has 2 bridgehead atoms. The van der Waals surface area contributed by atoms with Crippen molar-refractivity contribution in [3.63, 3.8) is 0 Å². The lowest BCUT2D eigenvalue weighted by Crippen LogP contribution is -2.51. The average molecular weight is 603 g/mol. The zero-order chi connectivity index (χ0) is 29.6. The lowest BCUT2D eigenvalue weighted by atomic mass is 9.71. The van der Waals surface area contributed by atoms with E-state index in [0.717, 1.165) is 6.07 Å². The van der Waals surface area contributed by atoms with Crippen molar-refractivity contribution in [1.82, 2.24) is 5.32 Å². The second kappa shape index (κ2) is 11.3. The Morgan fingerprint density at radius 1 is 1.12 bits per heavy atom. The molecule has 2 unspecified atom stereocenters. The number of fused-ring (bicyclic) bond motifs is 2. The molecular weight excluding hydrogens is 573 g/mol. The summed E-state index contributed by atoms with van der Waals surface area (Å²) in [7, 11) is -4.12. The van der Waals surface area contributed by atoms with Crippen LogP contribution in [0.3, 0.4) is 0 Å². The number of aliphatic hydroxyl groups excluding tert-OH is 1.